The largest absolute Gasteiger partial charge is 0.411 e. The van der Waals surface area contributed by atoms with Gasteiger partial charge in [0, 0.05) is 0 Å². The van der Waals surface area contributed by atoms with Crippen molar-refractivity contribution in [1.82, 2.24) is 0 Å². The third-order valence-electron chi connectivity index (χ3n) is 3.11. The molecule has 1 nitrogen and oxygen atoms in total. The zero-order valence-corrected chi connectivity index (χ0v) is 9.68. The molecule has 0 heterocycles. The van der Waals surface area contributed by atoms with Gasteiger partial charge in [-0.2, -0.15) is 13.2 Å². The summed E-state index contributed by atoms with van der Waals surface area (Å²) >= 11 is 0. The first kappa shape index (κ1) is 12.4. The van der Waals surface area contributed by atoms with Crippen LogP contribution in [0.25, 0.3) is 0 Å². The van der Waals surface area contributed by atoms with Gasteiger partial charge in [0.1, 0.15) is 6.61 Å². The van der Waals surface area contributed by atoms with E-state index in [4.69, 9.17) is 4.74 Å². The summed E-state index contributed by atoms with van der Waals surface area (Å²) in [6.07, 6.45) is -2.34. The summed E-state index contributed by atoms with van der Waals surface area (Å²) in [6.45, 7) is 0.851. The summed E-state index contributed by atoms with van der Waals surface area (Å²) in [4.78, 5) is 0. The molecule has 0 aliphatic heterocycles. The van der Waals surface area contributed by atoms with Gasteiger partial charge in [-0.25, -0.2) is 0 Å². The van der Waals surface area contributed by atoms with Crippen LogP contribution in [0, 0.1) is 0 Å². The van der Waals surface area contributed by atoms with Crippen LogP contribution in [0.2, 0.25) is 0 Å². The van der Waals surface area contributed by atoms with Gasteiger partial charge >= 0.3 is 6.18 Å². The molecule has 0 spiro atoms. The van der Waals surface area contributed by atoms with Crippen molar-refractivity contribution in [3.05, 3.63) is 34.9 Å². The molecule has 0 N–H and O–H groups in total. The lowest BCUT2D eigenvalue weighted by Crippen LogP contribution is -2.19. The SMILES string of the molecule is CCc1cccc2c1C(OCC(F)(F)F)CC2. The maximum absolute atomic E-state index is 12.1. The molecule has 0 aromatic heterocycles. The third kappa shape index (κ3) is 2.80. The van der Waals surface area contributed by atoms with Crippen molar-refractivity contribution < 1.29 is 17.9 Å². The summed E-state index contributed by atoms with van der Waals surface area (Å²) in [6, 6.07) is 5.91. The average molecular weight is 244 g/mol. The average Bonchev–Trinajstić information content (AvgIpc) is 2.68. The maximum Gasteiger partial charge on any atom is 0.411 e. The first-order chi connectivity index (χ1) is 8.01. The van der Waals surface area contributed by atoms with Crippen LogP contribution in [-0.4, -0.2) is 12.8 Å². The molecule has 0 saturated carbocycles. The van der Waals surface area contributed by atoms with E-state index in [1.165, 1.54) is 0 Å². The molecule has 1 atom stereocenters. The van der Waals surface area contributed by atoms with Gasteiger partial charge in [-0.1, -0.05) is 25.1 Å². The van der Waals surface area contributed by atoms with Crippen LogP contribution in [0.1, 0.15) is 36.1 Å². The Labute approximate surface area is 98.6 Å². The van der Waals surface area contributed by atoms with Gasteiger partial charge in [0.15, 0.2) is 0 Å². The molecule has 1 aliphatic rings. The first-order valence-electron chi connectivity index (χ1n) is 5.80. The first-order valence-corrected chi connectivity index (χ1v) is 5.80. The number of hydrogen-bond acceptors (Lipinski definition) is 1. The van der Waals surface area contributed by atoms with Gasteiger partial charge in [0.05, 0.1) is 6.10 Å². The molecule has 1 aromatic rings. The number of fused-ring (bicyclic) bond motifs is 1. The molecular formula is C13H15F3O. The van der Waals surface area contributed by atoms with Crippen molar-refractivity contribution in [2.45, 2.75) is 38.5 Å². The fraction of sp³-hybridized carbons (Fsp3) is 0.538. The van der Waals surface area contributed by atoms with Gasteiger partial charge in [-0.3, -0.25) is 0 Å². The Morgan fingerprint density at radius 3 is 2.76 bits per heavy atom. The van der Waals surface area contributed by atoms with Crippen molar-refractivity contribution in [3.8, 4) is 0 Å². The molecule has 1 aromatic carbocycles. The predicted molar refractivity (Wildman–Crippen MR) is 58.9 cm³/mol. The second-order valence-corrected chi connectivity index (χ2v) is 4.30. The number of benzene rings is 1. The van der Waals surface area contributed by atoms with Gasteiger partial charge in [0.2, 0.25) is 0 Å². The second kappa shape index (κ2) is 4.69. The standard InChI is InChI=1S/C13H15F3O/c1-2-9-4-3-5-10-6-7-11(12(9)10)17-8-13(14,15)16/h3-5,11H,2,6-8H2,1H3. The highest BCUT2D eigenvalue weighted by Gasteiger charge is 2.32. The molecule has 0 bridgehead atoms. The summed E-state index contributed by atoms with van der Waals surface area (Å²) in [5.74, 6) is 0. The molecule has 2 rings (SSSR count). The monoisotopic (exact) mass is 244 g/mol. The van der Waals surface area contributed by atoms with E-state index in [0.29, 0.717) is 6.42 Å². The van der Waals surface area contributed by atoms with E-state index in [-0.39, 0.29) is 6.10 Å². The minimum atomic E-state index is -4.25. The molecule has 4 heteroatoms. The molecular weight excluding hydrogens is 229 g/mol. The van der Waals surface area contributed by atoms with E-state index < -0.39 is 12.8 Å². The highest BCUT2D eigenvalue weighted by molar-refractivity contribution is 5.40. The van der Waals surface area contributed by atoms with Crippen molar-refractivity contribution in [2.24, 2.45) is 0 Å². The van der Waals surface area contributed by atoms with Crippen LogP contribution in [0.5, 0.6) is 0 Å². The molecule has 0 saturated heterocycles. The van der Waals surface area contributed by atoms with Gasteiger partial charge in [-0.05, 0) is 36.0 Å². The van der Waals surface area contributed by atoms with Gasteiger partial charge in [0.25, 0.3) is 0 Å². The molecule has 94 valence electrons. The number of rotatable bonds is 3. The number of ether oxygens (including phenoxy) is 1. The topological polar surface area (TPSA) is 9.23 Å². The molecule has 1 aliphatic carbocycles. The van der Waals surface area contributed by atoms with E-state index in [1.54, 1.807) is 0 Å². The van der Waals surface area contributed by atoms with E-state index >= 15 is 0 Å². The molecule has 0 fully saturated rings. The zero-order valence-electron chi connectivity index (χ0n) is 9.68. The predicted octanol–water partition coefficient (Wildman–Crippen LogP) is 3.82. The van der Waals surface area contributed by atoms with Crippen LogP contribution in [0.3, 0.4) is 0 Å². The second-order valence-electron chi connectivity index (χ2n) is 4.30. The quantitative estimate of drug-likeness (QED) is 0.785. The van der Waals surface area contributed by atoms with Crippen molar-refractivity contribution in [1.29, 1.82) is 0 Å². The fourth-order valence-electron chi connectivity index (χ4n) is 2.40. The van der Waals surface area contributed by atoms with Crippen LogP contribution >= 0.6 is 0 Å². The Morgan fingerprint density at radius 1 is 1.35 bits per heavy atom. The van der Waals surface area contributed by atoms with Crippen LogP contribution in [0.15, 0.2) is 18.2 Å². The van der Waals surface area contributed by atoms with Crippen molar-refractivity contribution in [3.63, 3.8) is 0 Å². The Bertz CT molecular complexity index is 398. The summed E-state index contributed by atoms with van der Waals surface area (Å²) in [5.41, 5.74) is 3.22. The summed E-state index contributed by atoms with van der Waals surface area (Å²) < 4.78 is 41.4. The van der Waals surface area contributed by atoms with E-state index in [1.807, 2.05) is 25.1 Å². The van der Waals surface area contributed by atoms with Crippen molar-refractivity contribution in [2.75, 3.05) is 6.61 Å². The number of hydrogen-bond donors (Lipinski definition) is 0. The van der Waals surface area contributed by atoms with Gasteiger partial charge < -0.3 is 4.74 Å². The Morgan fingerprint density at radius 2 is 2.12 bits per heavy atom. The minimum absolute atomic E-state index is 0.386. The molecule has 0 radical (unpaired) electrons. The Balaban J connectivity index is 2.15. The highest BCUT2D eigenvalue weighted by atomic mass is 19.4. The number of aryl methyl sites for hydroxylation is 2. The molecule has 0 amide bonds. The number of halogens is 3. The smallest absolute Gasteiger partial charge is 0.364 e. The fourth-order valence-corrected chi connectivity index (χ4v) is 2.40. The summed E-state index contributed by atoms with van der Waals surface area (Å²) in [7, 11) is 0. The highest BCUT2D eigenvalue weighted by Crippen LogP contribution is 2.37. The van der Waals surface area contributed by atoms with Gasteiger partial charge in [-0.15, -0.1) is 0 Å². The molecule has 17 heavy (non-hydrogen) atoms. The maximum atomic E-state index is 12.1. The van der Waals surface area contributed by atoms with Crippen LogP contribution in [0.4, 0.5) is 13.2 Å². The number of alkyl halides is 3. The Kier molecular flexibility index (Phi) is 3.43. The zero-order chi connectivity index (χ0) is 12.5. The lowest BCUT2D eigenvalue weighted by Gasteiger charge is -2.17. The summed E-state index contributed by atoms with van der Waals surface area (Å²) in [5, 5.41) is 0. The van der Waals surface area contributed by atoms with E-state index in [9.17, 15) is 13.2 Å². The normalized spacial score (nSPS) is 19.4. The third-order valence-corrected chi connectivity index (χ3v) is 3.11. The minimum Gasteiger partial charge on any atom is -0.364 e. The van der Waals surface area contributed by atoms with Crippen molar-refractivity contribution >= 4 is 0 Å². The van der Waals surface area contributed by atoms with E-state index in [2.05, 4.69) is 0 Å². The lowest BCUT2D eigenvalue weighted by atomic mass is 10.0. The van der Waals surface area contributed by atoms with E-state index in [0.717, 1.165) is 29.5 Å². The van der Waals surface area contributed by atoms with Crippen LogP contribution in [-0.2, 0) is 17.6 Å². The lowest BCUT2D eigenvalue weighted by molar-refractivity contribution is -0.186. The Hall–Kier alpha value is -1.03. The van der Waals surface area contributed by atoms with Crippen LogP contribution < -0.4 is 0 Å². The molecule has 1 unspecified atom stereocenters.